The van der Waals surface area contributed by atoms with E-state index in [4.69, 9.17) is 4.74 Å². The number of allylic oxidation sites excluding steroid dienone is 2. The van der Waals surface area contributed by atoms with Gasteiger partial charge in [0.2, 0.25) is 0 Å². The number of Topliss-reactive ketones (excluding diaryl/α,β-unsaturated/α-hetero) is 1. The Morgan fingerprint density at radius 1 is 1.17 bits per heavy atom. The Hall–Kier alpha value is -2.93. The van der Waals surface area contributed by atoms with Crippen LogP contribution in [-0.4, -0.2) is 44.6 Å². The van der Waals surface area contributed by atoms with Gasteiger partial charge in [-0.05, 0) is 45.4 Å². The summed E-state index contributed by atoms with van der Waals surface area (Å²) in [5, 5.41) is 30.4. The van der Waals surface area contributed by atoms with Crippen molar-refractivity contribution in [1.82, 2.24) is 0 Å². The lowest BCUT2D eigenvalue weighted by Gasteiger charge is -2.26. The first-order chi connectivity index (χ1) is 14.0. The highest BCUT2D eigenvalue weighted by atomic mass is 16.5. The van der Waals surface area contributed by atoms with Crippen LogP contribution in [-0.2, 0) is 9.53 Å². The predicted molar refractivity (Wildman–Crippen MR) is 111 cm³/mol. The number of carbonyl (C=O) groups is 3. The Kier molecular flexibility index (Phi) is 7.21. The topological polar surface area (TPSA) is 121 Å². The molecular weight excluding hydrogens is 388 g/mol. The number of esters is 1. The molecule has 1 aromatic rings. The number of aromatic hydroxyl groups is 2. The SMILES string of the molecule is CCCC(C)(O)CC(=O)O[C@H](CC=C(C)C)C1=CC(=O)c2c(O)ccc(O)c2C1=O. The fourth-order valence-corrected chi connectivity index (χ4v) is 3.44. The van der Waals surface area contributed by atoms with Gasteiger partial charge >= 0.3 is 5.97 Å². The number of hydrogen-bond acceptors (Lipinski definition) is 7. The summed E-state index contributed by atoms with van der Waals surface area (Å²) < 4.78 is 5.50. The van der Waals surface area contributed by atoms with Gasteiger partial charge in [-0.25, -0.2) is 0 Å². The van der Waals surface area contributed by atoms with E-state index < -0.39 is 40.7 Å². The minimum absolute atomic E-state index is 0.0885. The zero-order chi connectivity index (χ0) is 22.6. The smallest absolute Gasteiger partial charge is 0.309 e. The lowest BCUT2D eigenvalue weighted by Crippen LogP contribution is -2.33. The highest BCUT2D eigenvalue weighted by Crippen LogP contribution is 2.36. The molecule has 1 aliphatic carbocycles. The molecule has 0 saturated heterocycles. The minimum atomic E-state index is -1.25. The van der Waals surface area contributed by atoms with Gasteiger partial charge < -0.3 is 20.1 Å². The number of rotatable bonds is 8. The number of ketones is 2. The summed E-state index contributed by atoms with van der Waals surface area (Å²) >= 11 is 0. The van der Waals surface area contributed by atoms with Gasteiger partial charge in [-0.1, -0.05) is 25.0 Å². The summed E-state index contributed by atoms with van der Waals surface area (Å²) in [6, 6.07) is 2.26. The van der Waals surface area contributed by atoms with Crippen molar-refractivity contribution in [2.45, 2.75) is 65.1 Å². The van der Waals surface area contributed by atoms with Crippen molar-refractivity contribution >= 4 is 17.5 Å². The molecule has 1 aromatic carbocycles. The monoisotopic (exact) mass is 416 g/mol. The Balaban J connectivity index is 2.39. The van der Waals surface area contributed by atoms with Crippen LogP contribution in [0.5, 0.6) is 11.5 Å². The molecule has 0 fully saturated rings. The summed E-state index contributed by atoms with van der Waals surface area (Å²) in [5.74, 6) is -2.91. The van der Waals surface area contributed by atoms with Gasteiger partial charge in [0.15, 0.2) is 11.6 Å². The van der Waals surface area contributed by atoms with Gasteiger partial charge in [0, 0.05) is 12.0 Å². The van der Waals surface area contributed by atoms with E-state index in [9.17, 15) is 29.7 Å². The molecule has 2 atom stereocenters. The summed E-state index contributed by atoms with van der Waals surface area (Å²) in [4.78, 5) is 38.1. The molecule has 1 aliphatic rings. The standard InChI is InChI=1S/C23H28O7/c1-5-10-23(4,29)12-19(27)30-18(9-6-13(2)3)14-11-17(26)20-15(24)7-8-16(25)21(20)22(14)28/h6-8,11,18,24-25,29H,5,9-10,12H2,1-4H3/t18-,23?/m1/s1. The number of phenolic OH excluding ortho intramolecular Hbond substituents is 2. The van der Waals surface area contributed by atoms with Crippen molar-refractivity contribution in [3.8, 4) is 11.5 Å². The fraction of sp³-hybridized carbons (Fsp3) is 0.435. The summed E-state index contributed by atoms with van der Waals surface area (Å²) in [6.45, 7) is 7.10. The molecule has 162 valence electrons. The van der Waals surface area contributed by atoms with Crippen LogP contribution in [0.1, 0.15) is 74.1 Å². The van der Waals surface area contributed by atoms with Gasteiger partial charge in [-0.15, -0.1) is 0 Å². The normalized spacial score (nSPS) is 16.2. The van der Waals surface area contributed by atoms with Gasteiger partial charge in [0.25, 0.3) is 0 Å². The molecule has 3 N–H and O–H groups in total. The zero-order valence-electron chi connectivity index (χ0n) is 17.7. The molecule has 0 aliphatic heterocycles. The molecule has 7 nitrogen and oxygen atoms in total. The molecule has 0 spiro atoms. The van der Waals surface area contributed by atoms with Crippen molar-refractivity contribution < 1.29 is 34.4 Å². The third-order valence-corrected chi connectivity index (χ3v) is 4.86. The molecule has 0 aromatic heterocycles. The maximum atomic E-state index is 13.0. The highest BCUT2D eigenvalue weighted by molar-refractivity contribution is 6.27. The van der Waals surface area contributed by atoms with E-state index in [-0.39, 0.29) is 29.5 Å². The number of ether oxygens (including phenoxy) is 1. The lowest BCUT2D eigenvalue weighted by atomic mass is 9.85. The Morgan fingerprint density at radius 3 is 2.33 bits per heavy atom. The maximum Gasteiger partial charge on any atom is 0.309 e. The molecule has 0 saturated carbocycles. The second kappa shape index (κ2) is 9.26. The molecule has 0 heterocycles. The molecule has 1 unspecified atom stereocenters. The quantitative estimate of drug-likeness (QED) is 0.336. The number of aliphatic hydroxyl groups is 1. The van der Waals surface area contributed by atoms with Crippen LogP contribution in [0.2, 0.25) is 0 Å². The molecule has 30 heavy (non-hydrogen) atoms. The van der Waals surface area contributed by atoms with Crippen LogP contribution >= 0.6 is 0 Å². The predicted octanol–water partition coefficient (Wildman–Crippen LogP) is 3.61. The second-order valence-electron chi connectivity index (χ2n) is 8.07. The number of carbonyl (C=O) groups excluding carboxylic acids is 3. The van der Waals surface area contributed by atoms with Crippen LogP contribution in [0.3, 0.4) is 0 Å². The zero-order valence-corrected chi connectivity index (χ0v) is 17.7. The highest BCUT2D eigenvalue weighted by Gasteiger charge is 2.36. The molecule has 2 rings (SSSR count). The van der Waals surface area contributed by atoms with Gasteiger partial charge in [-0.3, -0.25) is 14.4 Å². The molecule has 0 bridgehead atoms. The second-order valence-corrected chi connectivity index (χ2v) is 8.07. The van der Waals surface area contributed by atoms with E-state index >= 15 is 0 Å². The first kappa shape index (κ1) is 23.3. The van der Waals surface area contributed by atoms with Crippen molar-refractivity contribution in [1.29, 1.82) is 0 Å². The minimum Gasteiger partial charge on any atom is -0.507 e. The van der Waals surface area contributed by atoms with Crippen LogP contribution in [0.15, 0.2) is 35.4 Å². The molecule has 0 radical (unpaired) electrons. The maximum absolute atomic E-state index is 13.0. The van der Waals surface area contributed by atoms with Crippen molar-refractivity contribution in [2.24, 2.45) is 0 Å². The number of fused-ring (bicyclic) bond motifs is 1. The molecule has 0 amide bonds. The van der Waals surface area contributed by atoms with Gasteiger partial charge in [0.05, 0.1) is 23.1 Å². The van der Waals surface area contributed by atoms with Crippen LogP contribution in [0.4, 0.5) is 0 Å². The van der Waals surface area contributed by atoms with Gasteiger partial charge in [0.1, 0.15) is 17.6 Å². The average Bonchev–Trinajstić information content (AvgIpc) is 2.62. The largest absolute Gasteiger partial charge is 0.507 e. The average molecular weight is 416 g/mol. The van der Waals surface area contributed by atoms with E-state index in [1.165, 1.54) is 6.92 Å². The fourth-order valence-electron chi connectivity index (χ4n) is 3.44. The van der Waals surface area contributed by atoms with E-state index in [1.807, 2.05) is 20.8 Å². The third-order valence-electron chi connectivity index (χ3n) is 4.86. The Morgan fingerprint density at radius 2 is 1.77 bits per heavy atom. The first-order valence-electron chi connectivity index (χ1n) is 9.87. The first-order valence-corrected chi connectivity index (χ1v) is 9.87. The third kappa shape index (κ3) is 5.36. The van der Waals surface area contributed by atoms with E-state index in [0.717, 1.165) is 23.8 Å². The summed E-state index contributed by atoms with van der Waals surface area (Å²) in [6.07, 6.45) is 2.69. The Labute approximate surface area is 175 Å². The van der Waals surface area contributed by atoms with E-state index in [2.05, 4.69) is 0 Å². The Bertz CT molecular complexity index is 918. The summed E-state index contributed by atoms with van der Waals surface area (Å²) in [5.41, 5.74) is -1.00. The van der Waals surface area contributed by atoms with E-state index in [0.29, 0.717) is 12.8 Å². The van der Waals surface area contributed by atoms with Crippen LogP contribution in [0.25, 0.3) is 0 Å². The molecular formula is C23H28O7. The molecule has 7 heteroatoms. The van der Waals surface area contributed by atoms with Crippen molar-refractivity contribution in [3.05, 3.63) is 46.6 Å². The number of hydrogen-bond donors (Lipinski definition) is 3. The van der Waals surface area contributed by atoms with Crippen molar-refractivity contribution in [3.63, 3.8) is 0 Å². The van der Waals surface area contributed by atoms with Gasteiger partial charge in [-0.2, -0.15) is 0 Å². The number of phenols is 2. The van der Waals surface area contributed by atoms with Crippen LogP contribution < -0.4 is 0 Å². The lowest BCUT2D eigenvalue weighted by molar-refractivity contribution is -0.152. The van der Waals surface area contributed by atoms with E-state index in [1.54, 1.807) is 6.08 Å². The summed E-state index contributed by atoms with van der Waals surface area (Å²) in [7, 11) is 0. The van der Waals surface area contributed by atoms with Crippen molar-refractivity contribution in [2.75, 3.05) is 0 Å². The number of benzene rings is 1. The van der Waals surface area contributed by atoms with Crippen LogP contribution in [0, 0.1) is 0 Å².